The summed E-state index contributed by atoms with van der Waals surface area (Å²) in [5, 5.41) is 0.617. The maximum Gasteiger partial charge on any atom is 0.330 e. The summed E-state index contributed by atoms with van der Waals surface area (Å²) in [5.74, 6) is 0.470. The van der Waals surface area contributed by atoms with E-state index in [4.69, 9.17) is 16.3 Å². The maximum atomic E-state index is 11.3. The number of rotatable bonds is 3. The first-order chi connectivity index (χ1) is 7.67. The van der Waals surface area contributed by atoms with Crippen molar-refractivity contribution in [2.45, 2.75) is 6.04 Å². The Hall–Kier alpha value is -1.42. The van der Waals surface area contributed by atoms with Gasteiger partial charge in [-0.05, 0) is 18.2 Å². The highest BCUT2D eigenvalue weighted by Crippen LogP contribution is 2.38. The molecule has 0 amide bonds. The van der Waals surface area contributed by atoms with Gasteiger partial charge in [0.15, 0.2) is 0 Å². The van der Waals surface area contributed by atoms with Gasteiger partial charge in [-0.25, -0.2) is 4.79 Å². The van der Waals surface area contributed by atoms with Gasteiger partial charge in [-0.3, -0.25) is 0 Å². The number of carbonyl (C=O) groups excluding carboxylic acids is 1. The smallest absolute Gasteiger partial charge is 0.330 e. The molecule has 5 heteroatoms. The van der Waals surface area contributed by atoms with Crippen molar-refractivity contribution in [3.63, 3.8) is 0 Å². The number of nitrogens with zero attached hydrogens (tertiary/aromatic N) is 1. The van der Waals surface area contributed by atoms with Crippen molar-refractivity contribution in [3.05, 3.63) is 23.2 Å². The fourth-order valence-corrected chi connectivity index (χ4v) is 1.80. The third kappa shape index (κ3) is 1.93. The van der Waals surface area contributed by atoms with Crippen molar-refractivity contribution in [2.24, 2.45) is 0 Å². The van der Waals surface area contributed by atoms with E-state index in [1.165, 1.54) is 7.11 Å². The zero-order valence-corrected chi connectivity index (χ0v) is 9.82. The number of carbonyl (C=O) groups is 1. The van der Waals surface area contributed by atoms with Crippen LogP contribution in [-0.4, -0.2) is 32.8 Å². The first-order valence-electron chi connectivity index (χ1n) is 4.85. The van der Waals surface area contributed by atoms with Crippen molar-refractivity contribution in [2.75, 3.05) is 25.7 Å². The number of ether oxygens (including phenoxy) is 2. The van der Waals surface area contributed by atoms with Crippen molar-refractivity contribution < 1.29 is 14.3 Å². The van der Waals surface area contributed by atoms with Crippen LogP contribution < -0.4 is 9.64 Å². The van der Waals surface area contributed by atoms with E-state index in [1.54, 1.807) is 25.3 Å². The number of esters is 1. The summed E-state index contributed by atoms with van der Waals surface area (Å²) in [5.41, 5.74) is 0.824. The molecule has 0 N–H and O–H groups in total. The lowest BCUT2D eigenvalue weighted by Crippen LogP contribution is -2.14. The van der Waals surface area contributed by atoms with Crippen LogP contribution in [-0.2, 0) is 9.53 Å². The summed E-state index contributed by atoms with van der Waals surface area (Å²) in [7, 11) is 2.97. The Morgan fingerprint density at radius 3 is 2.88 bits per heavy atom. The summed E-state index contributed by atoms with van der Waals surface area (Å²) in [6.07, 6.45) is 0. The van der Waals surface area contributed by atoms with Gasteiger partial charge in [0.05, 0.1) is 26.5 Å². The van der Waals surface area contributed by atoms with E-state index in [0.29, 0.717) is 17.3 Å². The lowest BCUT2D eigenvalue weighted by Gasteiger charge is -2.10. The van der Waals surface area contributed by atoms with Gasteiger partial charge in [0.1, 0.15) is 11.8 Å². The SMILES string of the molecule is COC(=O)C1CN1c1cc(Cl)ccc1OC. The number of hydrogen-bond donors (Lipinski definition) is 0. The molecule has 1 heterocycles. The summed E-state index contributed by atoms with van der Waals surface area (Å²) >= 11 is 5.91. The van der Waals surface area contributed by atoms with E-state index >= 15 is 0 Å². The van der Waals surface area contributed by atoms with Gasteiger partial charge in [-0.15, -0.1) is 0 Å². The van der Waals surface area contributed by atoms with E-state index in [0.717, 1.165) is 5.69 Å². The number of anilines is 1. The molecule has 0 radical (unpaired) electrons. The second-order valence-electron chi connectivity index (χ2n) is 3.51. The molecule has 0 spiro atoms. The normalized spacial score (nSPS) is 18.2. The van der Waals surface area contributed by atoms with Crippen molar-refractivity contribution in [1.82, 2.24) is 0 Å². The molecule has 2 rings (SSSR count). The Labute approximate surface area is 98.7 Å². The number of halogens is 1. The van der Waals surface area contributed by atoms with Gasteiger partial charge in [0, 0.05) is 5.02 Å². The van der Waals surface area contributed by atoms with Crippen LogP contribution >= 0.6 is 11.6 Å². The van der Waals surface area contributed by atoms with E-state index in [1.807, 2.05) is 4.90 Å². The third-order valence-electron chi connectivity index (χ3n) is 2.54. The summed E-state index contributed by atoms with van der Waals surface area (Å²) in [6, 6.07) is 5.10. The minimum absolute atomic E-state index is 0.211. The van der Waals surface area contributed by atoms with Crippen molar-refractivity contribution in [3.8, 4) is 5.75 Å². The Kier molecular flexibility index (Phi) is 2.92. The van der Waals surface area contributed by atoms with E-state index in [2.05, 4.69) is 4.74 Å². The van der Waals surface area contributed by atoms with Crippen LogP contribution in [0.5, 0.6) is 5.75 Å². The minimum Gasteiger partial charge on any atom is -0.495 e. The van der Waals surface area contributed by atoms with Gasteiger partial charge in [0.25, 0.3) is 0 Å². The maximum absolute atomic E-state index is 11.3. The predicted molar refractivity (Wildman–Crippen MR) is 61.2 cm³/mol. The van der Waals surface area contributed by atoms with Gasteiger partial charge >= 0.3 is 5.97 Å². The monoisotopic (exact) mass is 241 g/mol. The Morgan fingerprint density at radius 1 is 1.50 bits per heavy atom. The molecule has 1 unspecified atom stereocenters. The number of benzene rings is 1. The molecule has 0 saturated carbocycles. The van der Waals surface area contributed by atoms with Crippen LogP contribution in [0.4, 0.5) is 5.69 Å². The molecule has 16 heavy (non-hydrogen) atoms. The molecule has 1 fully saturated rings. The molecule has 0 bridgehead atoms. The Bertz CT molecular complexity index is 422. The zero-order valence-electron chi connectivity index (χ0n) is 9.07. The molecule has 1 aliphatic heterocycles. The highest BCUT2D eigenvalue weighted by atomic mass is 35.5. The van der Waals surface area contributed by atoms with E-state index < -0.39 is 0 Å². The van der Waals surface area contributed by atoms with E-state index in [-0.39, 0.29) is 12.0 Å². The summed E-state index contributed by atoms with van der Waals surface area (Å²) in [4.78, 5) is 13.2. The molecule has 1 aromatic carbocycles. The average molecular weight is 242 g/mol. The fraction of sp³-hybridized carbons (Fsp3) is 0.364. The summed E-state index contributed by atoms with van der Waals surface area (Å²) < 4.78 is 9.89. The predicted octanol–water partition coefficient (Wildman–Crippen LogP) is 1.71. The van der Waals surface area contributed by atoms with Crippen LogP contribution in [0.3, 0.4) is 0 Å². The fourth-order valence-electron chi connectivity index (χ4n) is 1.63. The van der Waals surface area contributed by atoms with Gasteiger partial charge in [0.2, 0.25) is 0 Å². The number of hydrogen-bond acceptors (Lipinski definition) is 4. The molecule has 86 valence electrons. The second kappa shape index (κ2) is 4.22. The molecule has 0 aromatic heterocycles. The average Bonchev–Trinajstić information content (AvgIpc) is 3.08. The molecule has 4 nitrogen and oxygen atoms in total. The molecule has 1 aliphatic rings. The molecule has 0 aliphatic carbocycles. The molecule has 1 saturated heterocycles. The van der Waals surface area contributed by atoms with E-state index in [9.17, 15) is 4.79 Å². The van der Waals surface area contributed by atoms with Gasteiger partial charge in [-0.1, -0.05) is 11.6 Å². The Morgan fingerprint density at radius 2 is 2.25 bits per heavy atom. The van der Waals surface area contributed by atoms with Crippen LogP contribution in [0, 0.1) is 0 Å². The second-order valence-corrected chi connectivity index (χ2v) is 3.94. The van der Waals surface area contributed by atoms with Crippen molar-refractivity contribution in [1.29, 1.82) is 0 Å². The molecule has 1 aromatic rings. The minimum atomic E-state index is -0.234. The van der Waals surface area contributed by atoms with Crippen LogP contribution in [0.1, 0.15) is 0 Å². The van der Waals surface area contributed by atoms with Crippen molar-refractivity contribution >= 4 is 23.3 Å². The lowest BCUT2D eigenvalue weighted by molar-refractivity contribution is -0.139. The van der Waals surface area contributed by atoms with Gasteiger partial charge < -0.3 is 14.4 Å². The van der Waals surface area contributed by atoms with Gasteiger partial charge in [-0.2, -0.15) is 0 Å². The highest BCUT2D eigenvalue weighted by molar-refractivity contribution is 6.31. The number of methoxy groups -OCH3 is 2. The standard InChI is InChI=1S/C11H12ClNO3/c1-15-10-4-3-7(12)5-8(10)13-6-9(13)11(14)16-2/h3-5,9H,6H2,1-2H3. The quantitative estimate of drug-likeness (QED) is 0.597. The first kappa shape index (κ1) is 11.1. The summed E-state index contributed by atoms with van der Waals surface area (Å²) in [6.45, 7) is 0.642. The Balaban J connectivity index is 2.22. The topological polar surface area (TPSA) is 38.5 Å². The highest BCUT2D eigenvalue weighted by Gasteiger charge is 2.42. The van der Waals surface area contributed by atoms with Crippen LogP contribution in [0.2, 0.25) is 5.02 Å². The molecule has 1 atom stereocenters. The lowest BCUT2D eigenvalue weighted by atomic mass is 10.3. The van der Waals surface area contributed by atoms with Crippen LogP contribution in [0.25, 0.3) is 0 Å². The first-order valence-corrected chi connectivity index (χ1v) is 5.23. The zero-order chi connectivity index (χ0) is 11.7. The third-order valence-corrected chi connectivity index (χ3v) is 2.77. The van der Waals surface area contributed by atoms with Crippen LogP contribution in [0.15, 0.2) is 18.2 Å². The molecular formula is C11H12ClNO3. The molecular weight excluding hydrogens is 230 g/mol. The largest absolute Gasteiger partial charge is 0.495 e.